The van der Waals surface area contributed by atoms with E-state index in [1.165, 1.54) is 0 Å². The number of rotatable bonds is 10. The summed E-state index contributed by atoms with van der Waals surface area (Å²) in [5.74, 6) is 15.8. The van der Waals surface area contributed by atoms with Gasteiger partial charge < -0.3 is 10.2 Å². The zero-order chi connectivity index (χ0) is 35.5. The second-order valence-electron chi connectivity index (χ2n) is 12.9. The molecule has 50 heavy (non-hydrogen) atoms. The number of aliphatic hydroxyl groups is 2. The summed E-state index contributed by atoms with van der Waals surface area (Å²) < 4.78 is 0. The maximum atomic E-state index is 10.8. The van der Waals surface area contributed by atoms with E-state index < -0.39 is 12.2 Å². The Kier molecular flexibility index (Phi) is 12.4. The van der Waals surface area contributed by atoms with E-state index in [1.54, 1.807) is 0 Å². The van der Waals surface area contributed by atoms with Gasteiger partial charge in [0.15, 0.2) is 0 Å². The fraction of sp³-hybridized carbons (Fsp3) is 0.217. The van der Waals surface area contributed by atoms with Crippen molar-refractivity contribution in [3.05, 3.63) is 177 Å². The third-order valence-electron chi connectivity index (χ3n) is 9.16. The van der Waals surface area contributed by atoms with Crippen LogP contribution in [0.4, 0.5) is 0 Å². The van der Waals surface area contributed by atoms with Crippen molar-refractivity contribution in [1.29, 1.82) is 0 Å². The van der Waals surface area contributed by atoms with Gasteiger partial charge in [-0.05, 0) is 92.7 Å². The molecule has 0 radical (unpaired) electrons. The quantitative estimate of drug-likeness (QED) is 0.152. The Morgan fingerprint density at radius 1 is 0.500 bits per heavy atom. The maximum absolute atomic E-state index is 10.8. The van der Waals surface area contributed by atoms with E-state index in [9.17, 15) is 10.2 Å². The van der Waals surface area contributed by atoms with Crippen LogP contribution in [0, 0.1) is 36.0 Å². The molecule has 0 saturated carbocycles. The van der Waals surface area contributed by atoms with Gasteiger partial charge in [0.1, 0.15) is 0 Å². The lowest BCUT2D eigenvalue weighted by Crippen LogP contribution is -2.33. The molecule has 0 bridgehead atoms. The molecule has 5 aromatic carbocycles. The van der Waals surface area contributed by atoms with Crippen molar-refractivity contribution >= 4 is 0 Å². The molecule has 0 spiro atoms. The van der Waals surface area contributed by atoms with E-state index >= 15 is 0 Å². The molecule has 0 aliphatic carbocycles. The molecule has 0 saturated heterocycles. The van der Waals surface area contributed by atoms with Crippen molar-refractivity contribution < 1.29 is 10.2 Å². The summed E-state index contributed by atoms with van der Waals surface area (Å²) in [5.41, 5.74) is 8.29. The third-order valence-corrected chi connectivity index (χ3v) is 9.16. The van der Waals surface area contributed by atoms with E-state index in [-0.39, 0.29) is 12.1 Å². The van der Waals surface area contributed by atoms with E-state index in [0.29, 0.717) is 13.1 Å². The molecule has 0 unspecified atom stereocenters. The van der Waals surface area contributed by atoms with Crippen LogP contribution in [-0.4, -0.2) is 46.2 Å². The SMILES string of the molecule is C#Cc1cc(C#Cc2ccc(CN(C)[C@@H](C)[C@H](O)c3ccccc3)cc2)cc(C#Cc2ccc(CN(C)[C@@H](C)[C@H](O)c3ccccc3)cc2)c1. The van der Waals surface area contributed by atoms with E-state index in [2.05, 4.69) is 63.7 Å². The molecule has 4 atom stereocenters. The first-order chi connectivity index (χ1) is 24.2. The first-order valence-electron chi connectivity index (χ1n) is 16.9. The maximum Gasteiger partial charge on any atom is 0.0942 e. The molecule has 0 fully saturated rings. The number of hydrogen-bond donors (Lipinski definition) is 2. The summed E-state index contributed by atoms with van der Waals surface area (Å²) in [5, 5.41) is 21.6. The van der Waals surface area contributed by atoms with E-state index in [1.807, 2.05) is 131 Å². The van der Waals surface area contributed by atoms with Crippen LogP contribution in [-0.2, 0) is 13.1 Å². The Bertz CT molecular complexity index is 1870. The number of likely N-dealkylation sites (N-methyl/N-ethyl adjacent to an activating group) is 2. The summed E-state index contributed by atoms with van der Waals surface area (Å²) in [7, 11) is 4.05. The highest BCUT2D eigenvalue weighted by atomic mass is 16.3. The fourth-order valence-corrected chi connectivity index (χ4v) is 5.73. The molecule has 0 amide bonds. The third kappa shape index (κ3) is 9.84. The zero-order valence-electron chi connectivity index (χ0n) is 29.2. The second kappa shape index (κ2) is 17.3. The van der Waals surface area contributed by atoms with Crippen LogP contribution < -0.4 is 0 Å². The predicted molar refractivity (Wildman–Crippen MR) is 204 cm³/mol. The normalized spacial score (nSPS) is 13.3. The van der Waals surface area contributed by atoms with Gasteiger partial charge in [0.25, 0.3) is 0 Å². The molecule has 250 valence electrons. The number of nitrogens with zero attached hydrogens (tertiary/aromatic N) is 2. The number of terminal acetylenes is 1. The van der Waals surface area contributed by atoms with Gasteiger partial charge in [0, 0.05) is 53.0 Å². The van der Waals surface area contributed by atoms with Crippen molar-refractivity contribution in [2.45, 2.75) is 51.2 Å². The molecular weight excluding hydrogens is 613 g/mol. The highest BCUT2D eigenvalue weighted by Crippen LogP contribution is 2.23. The van der Waals surface area contributed by atoms with Gasteiger partial charge in [-0.3, -0.25) is 9.80 Å². The molecule has 0 aliphatic heterocycles. The molecule has 5 aromatic rings. The van der Waals surface area contributed by atoms with Gasteiger partial charge in [-0.25, -0.2) is 0 Å². The van der Waals surface area contributed by atoms with E-state index in [4.69, 9.17) is 6.42 Å². The van der Waals surface area contributed by atoms with Gasteiger partial charge >= 0.3 is 0 Å². The smallest absolute Gasteiger partial charge is 0.0942 e. The largest absolute Gasteiger partial charge is 0.387 e. The zero-order valence-corrected chi connectivity index (χ0v) is 29.2. The highest BCUT2D eigenvalue weighted by molar-refractivity contribution is 5.54. The van der Waals surface area contributed by atoms with Crippen molar-refractivity contribution in [2.24, 2.45) is 0 Å². The molecular formula is C46H44N2O2. The van der Waals surface area contributed by atoms with Gasteiger partial charge in [0.2, 0.25) is 0 Å². The minimum absolute atomic E-state index is 0.0425. The highest BCUT2D eigenvalue weighted by Gasteiger charge is 2.21. The van der Waals surface area contributed by atoms with E-state index in [0.717, 1.165) is 50.1 Å². The van der Waals surface area contributed by atoms with Crippen LogP contribution in [0.2, 0.25) is 0 Å². The Morgan fingerprint density at radius 3 is 1.20 bits per heavy atom. The topological polar surface area (TPSA) is 46.9 Å². The Balaban J connectivity index is 1.20. The summed E-state index contributed by atoms with van der Waals surface area (Å²) in [6.45, 7) is 5.50. The minimum atomic E-state index is -0.561. The predicted octanol–water partition coefficient (Wildman–Crippen LogP) is 7.58. The van der Waals surface area contributed by atoms with Crippen LogP contribution in [0.15, 0.2) is 127 Å². The molecule has 0 aromatic heterocycles. The lowest BCUT2D eigenvalue weighted by Gasteiger charge is -2.29. The molecule has 4 heteroatoms. The summed E-state index contributed by atoms with van der Waals surface area (Å²) in [6.07, 6.45) is 4.65. The second-order valence-corrected chi connectivity index (χ2v) is 12.9. The standard InChI is InChI=1S/C46H44N2O2/c1-6-36-29-41(27-21-37-17-23-39(24-18-37)32-47(4)34(2)45(49)43-13-9-7-10-14-43)31-42(30-36)28-22-38-19-25-40(26-20-38)33-48(5)35(3)46(50)44-15-11-8-12-16-44/h1,7-20,23-26,29-31,34-35,45-46,49-50H,32-33H2,2-5H3/t34-,35-,45-,46-/m0/s1. The number of aliphatic hydroxyl groups excluding tert-OH is 2. The lowest BCUT2D eigenvalue weighted by molar-refractivity contribution is 0.0687. The van der Waals surface area contributed by atoms with Crippen LogP contribution in [0.5, 0.6) is 0 Å². The van der Waals surface area contributed by atoms with Gasteiger partial charge in [-0.2, -0.15) is 0 Å². The van der Waals surface area contributed by atoms with Crippen molar-refractivity contribution in [3.8, 4) is 36.0 Å². The summed E-state index contributed by atoms with van der Waals surface area (Å²) >= 11 is 0. The summed E-state index contributed by atoms with van der Waals surface area (Å²) in [4.78, 5) is 4.31. The average molecular weight is 657 g/mol. The Labute approximate surface area is 298 Å². The van der Waals surface area contributed by atoms with Crippen molar-refractivity contribution in [2.75, 3.05) is 14.1 Å². The first kappa shape index (κ1) is 35.9. The van der Waals surface area contributed by atoms with Crippen LogP contribution in [0.1, 0.15) is 76.1 Å². The lowest BCUT2D eigenvalue weighted by atomic mass is 10.0. The van der Waals surface area contributed by atoms with Gasteiger partial charge in [-0.15, -0.1) is 6.42 Å². The summed E-state index contributed by atoms with van der Waals surface area (Å²) in [6, 6.07) is 41.6. The first-order valence-corrected chi connectivity index (χ1v) is 16.9. The number of hydrogen-bond acceptors (Lipinski definition) is 4. The van der Waals surface area contributed by atoms with Gasteiger partial charge in [-0.1, -0.05) is 115 Å². The monoisotopic (exact) mass is 656 g/mol. The van der Waals surface area contributed by atoms with Crippen LogP contribution >= 0.6 is 0 Å². The molecule has 0 aliphatic rings. The molecule has 4 nitrogen and oxygen atoms in total. The number of benzene rings is 5. The van der Waals surface area contributed by atoms with Gasteiger partial charge in [0.05, 0.1) is 12.2 Å². The minimum Gasteiger partial charge on any atom is -0.387 e. The molecule has 5 rings (SSSR count). The molecule has 2 N–H and O–H groups in total. The van der Waals surface area contributed by atoms with Crippen LogP contribution in [0.3, 0.4) is 0 Å². The fourth-order valence-electron chi connectivity index (χ4n) is 5.73. The van der Waals surface area contributed by atoms with Crippen molar-refractivity contribution in [1.82, 2.24) is 9.80 Å². The van der Waals surface area contributed by atoms with Crippen LogP contribution in [0.25, 0.3) is 0 Å². The van der Waals surface area contributed by atoms with Crippen molar-refractivity contribution in [3.63, 3.8) is 0 Å². The average Bonchev–Trinajstić information content (AvgIpc) is 3.16. The Morgan fingerprint density at radius 2 is 0.840 bits per heavy atom. The Hall–Kier alpha value is -5.38. The molecule has 0 heterocycles.